The molecule has 0 spiro atoms. The number of nitrogens with zero attached hydrogens (tertiary/aromatic N) is 2. The van der Waals surface area contributed by atoms with E-state index in [1.54, 1.807) is 11.3 Å². The minimum atomic E-state index is 0.338. The first-order valence-electron chi connectivity index (χ1n) is 6.43. The molecule has 2 heterocycles. The maximum Gasteiger partial charge on any atom is 0.0573 e. The summed E-state index contributed by atoms with van der Waals surface area (Å²) in [7, 11) is 4.40. The van der Waals surface area contributed by atoms with E-state index >= 15 is 0 Å². The Morgan fingerprint density at radius 3 is 2.94 bits per heavy atom. The van der Waals surface area contributed by atoms with E-state index in [1.807, 2.05) is 0 Å². The van der Waals surface area contributed by atoms with Crippen LogP contribution in [0.1, 0.15) is 17.3 Å². The zero-order valence-electron chi connectivity index (χ0n) is 11.1. The standard InChI is InChI=1S/C13H22BrN3S/c1-16-5-3-10(8-16)9-17(2)12(7-15)13-11(14)4-6-18-13/h4,6,10,12H,3,5,7-9,15H2,1-2H3. The molecule has 1 aliphatic heterocycles. The van der Waals surface area contributed by atoms with Crippen LogP contribution in [0.25, 0.3) is 0 Å². The van der Waals surface area contributed by atoms with E-state index in [2.05, 4.69) is 51.3 Å². The van der Waals surface area contributed by atoms with Crippen LogP contribution in [0.5, 0.6) is 0 Å². The van der Waals surface area contributed by atoms with E-state index in [1.165, 1.54) is 28.9 Å². The summed E-state index contributed by atoms with van der Waals surface area (Å²) in [6, 6.07) is 2.45. The van der Waals surface area contributed by atoms with Gasteiger partial charge < -0.3 is 10.6 Å². The number of likely N-dealkylation sites (tertiary alicyclic amines) is 1. The van der Waals surface area contributed by atoms with E-state index in [4.69, 9.17) is 5.73 Å². The zero-order chi connectivity index (χ0) is 13.1. The summed E-state index contributed by atoms with van der Waals surface area (Å²) < 4.78 is 1.19. The smallest absolute Gasteiger partial charge is 0.0573 e. The van der Waals surface area contributed by atoms with Crippen LogP contribution in [0.3, 0.4) is 0 Å². The molecule has 0 amide bonds. The molecule has 102 valence electrons. The Kier molecular flexibility index (Phi) is 5.21. The van der Waals surface area contributed by atoms with E-state index in [0.29, 0.717) is 12.6 Å². The summed E-state index contributed by atoms with van der Waals surface area (Å²) >= 11 is 5.41. The Labute approximate surface area is 122 Å². The molecule has 2 unspecified atom stereocenters. The Morgan fingerprint density at radius 1 is 1.67 bits per heavy atom. The van der Waals surface area contributed by atoms with Gasteiger partial charge >= 0.3 is 0 Å². The van der Waals surface area contributed by atoms with Gasteiger partial charge in [0.15, 0.2) is 0 Å². The fourth-order valence-electron chi connectivity index (χ4n) is 2.74. The molecular formula is C13H22BrN3S. The molecule has 2 atom stereocenters. The van der Waals surface area contributed by atoms with Gasteiger partial charge in [0.2, 0.25) is 0 Å². The number of nitrogens with two attached hydrogens (primary N) is 1. The van der Waals surface area contributed by atoms with Gasteiger partial charge in [0.25, 0.3) is 0 Å². The second kappa shape index (κ2) is 6.48. The molecule has 1 fully saturated rings. The highest BCUT2D eigenvalue weighted by molar-refractivity contribution is 9.10. The molecule has 0 radical (unpaired) electrons. The van der Waals surface area contributed by atoms with Gasteiger partial charge in [-0.25, -0.2) is 0 Å². The van der Waals surface area contributed by atoms with E-state index < -0.39 is 0 Å². The Balaban J connectivity index is 1.98. The second-order valence-corrected chi connectivity index (χ2v) is 7.04. The summed E-state index contributed by atoms with van der Waals surface area (Å²) in [4.78, 5) is 6.18. The van der Waals surface area contributed by atoms with Crippen LogP contribution in [0.2, 0.25) is 0 Å². The number of hydrogen-bond donors (Lipinski definition) is 1. The van der Waals surface area contributed by atoms with Gasteiger partial charge in [-0.05, 0) is 60.4 Å². The number of rotatable bonds is 5. The van der Waals surface area contributed by atoms with E-state index in [9.17, 15) is 0 Å². The molecule has 2 N–H and O–H groups in total. The average molecular weight is 332 g/mol. The van der Waals surface area contributed by atoms with Crippen LogP contribution >= 0.6 is 27.3 Å². The number of thiophene rings is 1. The van der Waals surface area contributed by atoms with Gasteiger partial charge in [0, 0.05) is 29.0 Å². The maximum atomic E-state index is 5.97. The molecule has 0 bridgehead atoms. The molecule has 3 nitrogen and oxygen atoms in total. The molecule has 1 aromatic heterocycles. The second-order valence-electron chi connectivity index (χ2n) is 5.24. The number of halogens is 1. The van der Waals surface area contributed by atoms with Crippen LogP contribution in [0.15, 0.2) is 15.9 Å². The number of likely N-dealkylation sites (N-methyl/N-ethyl adjacent to an activating group) is 1. The molecule has 0 aliphatic carbocycles. The molecule has 1 saturated heterocycles. The largest absolute Gasteiger partial charge is 0.329 e. The molecule has 18 heavy (non-hydrogen) atoms. The maximum absolute atomic E-state index is 5.97. The van der Waals surface area contributed by atoms with Crippen molar-refractivity contribution in [2.24, 2.45) is 11.7 Å². The minimum absolute atomic E-state index is 0.338. The fourth-order valence-corrected chi connectivity index (χ4v) is 4.56. The average Bonchev–Trinajstić information content (AvgIpc) is 2.90. The van der Waals surface area contributed by atoms with Crippen LogP contribution in [-0.2, 0) is 0 Å². The molecule has 5 heteroatoms. The third-order valence-corrected chi connectivity index (χ3v) is 5.71. The molecule has 0 saturated carbocycles. The lowest BCUT2D eigenvalue weighted by Gasteiger charge is -2.29. The van der Waals surface area contributed by atoms with Crippen molar-refractivity contribution < 1.29 is 0 Å². The Morgan fingerprint density at radius 2 is 2.44 bits per heavy atom. The lowest BCUT2D eigenvalue weighted by atomic mass is 10.1. The van der Waals surface area contributed by atoms with Gasteiger partial charge in [-0.1, -0.05) is 0 Å². The highest BCUT2D eigenvalue weighted by Crippen LogP contribution is 2.32. The third-order valence-electron chi connectivity index (χ3n) is 3.74. The quantitative estimate of drug-likeness (QED) is 0.899. The Bertz CT molecular complexity index is 382. The zero-order valence-corrected chi connectivity index (χ0v) is 13.5. The van der Waals surface area contributed by atoms with Crippen LogP contribution < -0.4 is 5.73 Å². The van der Waals surface area contributed by atoms with Gasteiger partial charge in [0.1, 0.15) is 0 Å². The first-order chi connectivity index (χ1) is 8.61. The molecule has 1 aliphatic rings. The van der Waals surface area contributed by atoms with Crippen molar-refractivity contribution in [3.05, 3.63) is 20.8 Å². The number of hydrogen-bond acceptors (Lipinski definition) is 4. The monoisotopic (exact) mass is 331 g/mol. The summed E-state index contributed by atoms with van der Waals surface area (Å²) in [6.45, 7) is 4.26. The SMILES string of the molecule is CN1CCC(CN(C)C(CN)c2sccc2Br)C1. The van der Waals surface area contributed by atoms with Gasteiger partial charge in [0.05, 0.1) is 6.04 Å². The summed E-state index contributed by atoms with van der Waals surface area (Å²) in [6.07, 6.45) is 1.31. The van der Waals surface area contributed by atoms with Crippen molar-refractivity contribution in [2.45, 2.75) is 12.5 Å². The summed E-state index contributed by atoms with van der Waals surface area (Å²) in [5.74, 6) is 0.785. The topological polar surface area (TPSA) is 32.5 Å². The van der Waals surface area contributed by atoms with Gasteiger partial charge in [-0.15, -0.1) is 11.3 Å². The molecule has 2 rings (SSSR count). The van der Waals surface area contributed by atoms with Crippen molar-refractivity contribution in [2.75, 3.05) is 40.3 Å². The summed E-state index contributed by atoms with van der Waals surface area (Å²) in [5.41, 5.74) is 5.97. The van der Waals surface area contributed by atoms with Crippen LogP contribution in [0.4, 0.5) is 0 Å². The first kappa shape index (κ1) is 14.5. The van der Waals surface area contributed by atoms with Gasteiger partial charge in [-0.3, -0.25) is 4.90 Å². The van der Waals surface area contributed by atoms with Crippen molar-refractivity contribution >= 4 is 27.3 Å². The molecular weight excluding hydrogens is 310 g/mol. The highest BCUT2D eigenvalue weighted by Gasteiger charge is 2.25. The molecule has 0 aromatic carbocycles. The molecule has 1 aromatic rings. The van der Waals surface area contributed by atoms with E-state index in [-0.39, 0.29) is 0 Å². The normalized spacial score (nSPS) is 22.8. The van der Waals surface area contributed by atoms with Crippen LogP contribution in [0, 0.1) is 5.92 Å². The van der Waals surface area contributed by atoms with Crippen molar-refractivity contribution in [3.63, 3.8) is 0 Å². The third kappa shape index (κ3) is 3.33. The minimum Gasteiger partial charge on any atom is -0.329 e. The fraction of sp³-hybridized carbons (Fsp3) is 0.692. The van der Waals surface area contributed by atoms with Crippen LogP contribution in [-0.4, -0.2) is 50.1 Å². The van der Waals surface area contributed by atoms with Crippen molar-refractivity contribution in [1.82, 2.24) is 9.80 Å². The lowest BCUT2D eigenvalue weighted by molar-refractivity contribution is 0.214. The lowest BCUT2D eigenvalue weighted by Crippen LogP contribution is -2.34. The Hall–Kier alpha value is 0.0600. The highest BCUT2D eigenvalue weighted by atomic mass is 79.9. The van der Waals surface area contributed by atoms with Crippen molar-refractivity contribution in [1.29, 1.82) is 0 Å². The predicted octanol–water partition coefficient (Wildman–Crippen LogP) is 2.39. The first-order valence-corrected chi connectivity index (χ1v) is 8.10. The van der Waals surface area contributed by atoms with Crippen molar-refractivity contribution in [3.8, 4) is 0 Å². The summed E-state index contributed by atoms with van der Waals surface area (Å²) in [5, 5.41) is 2.12. The van der Waals surface area contributed by atoms with Gasteiger partial charge in [-0.2, -0.15) is 0 Å². The predicted molar refractivity (Wildman–Crippen MR) is 82.0 cm³/mol. The van der Waals surface area contributed by atoms with E-state index in [0.717, 1.165) is 12.5 Å².